The number of nitro groups is 1. The average Bonchev–Trinajstić information content (AvgIpc) is 3.07. The Kier molecular flexibility index (Phi) is 5.07. The van der Waals surface area contributed by atoms with Gasteiger partial charge in [-0.25, -0.2) is 4.98 Å². The highest BCUT2D eigenvalue weighted by Gasteiger charge is 2.27. The lowest BCUT2D eigenvalue weighted by atomic mass is 9.99. The molecule has 0 radical (unpaired) electrons. The number of rotatable bonds is 7. The molecule has 8 heteroatoms. The molecule has 0 spiro atoms. The van der Waals surface area contributed by atoms with E-state index < -0.39 is 10.8 Å². The Morgan fingerprint density at radius 1 is 1.52 bits per heavy atom. The summed E-state index contributed by atoms with van der Waals surface area (Å²) in [6, 6.07) is 4.27. The van der Waals surface area contributed by atoms with Crippen LogP contribution in [-0.4, -0.2) is 15.8 Å². The summed E-state index contributed by atoms with van der Waals surface area (Å²) < 4.78 is 0. The quantitative estimate of drug-likeness (QED) is 0.597. The molecule has 23 heavy (non-hydrogen) atoms. The first-order chi connectivity index (χ1) is 10.9. The van der Waals surface area contributed by atoms with Gasteiger partial charge in [0.05, 0.1) is 10.5 Å². The Hall–Kier alpha value is -2.32. The zero-order valence-corrected chi connectivity index (χ0v) is 13.7. The predicted molar refractivity (Wildman–Crippen MR) is 88.2 cm³/mol. The van der Waals surface area contributed by atoms with Gasteiger partial charge in [0.25, 0.3) is 5.69 Å². The number of amides is 1. The summed E-state index contributed by atoms with van der Waals surface area (Å²) in [6.45, 7) is 4.33. The number of thiazole rings is 1. The van der Waals surface area contributed by atoms with E-state index in [-0.39, 0.29) is 16.8 Å². The highest BCUT2D eigenvalue weighted by Crippen LogP contribution is 2.28. The summed E-state index contributed by atoms with van der Waals surface area (Å²) in [5, 5.41) is 17.4. The van der Waals surface area contributed by atoms with Crippen LogP contribution in [0.2, 0.25) is 0 Å². The maximum absolute atomic E-state index is 11.2. The van der Waals surface area contributed by atoms with E-state index >= 15 is 0 Å². The van der Waals surface area contributed by atoms with Gasteiger partial charge < -0.3 is 11.1 Å². The zero-order chi connectivity index (χ0) is 17.0. The number of nitrogens with two attached hydrogens (primary N) is 1. The molecule has 1 aromatic carbocycles. The van der Waals surface area contributed by atoms with Gasteiger partial charge in [0.2, 0.25) is 5.91 Å². The molecule has 0 aliphatic heterocycles. The van der Waals surface area contributed by atoms with Crippen molar-refractivity contribution in [1.82, 2.24) is 10.3 Å². The number of nitrogens with one attached hydrogen (secondary N) is 1. The van der Waals surface area contributed by atoms with Gasteiger partial charge in [-0.15, -0.1) is 11.3 Å². The third-order valence-corrected chi connectivity index (χ3v) is 4.88. The topological polar surface area (TPSA) is 111 Å². The van der Waals surface area contributed by atoms with Crippen LogP contribution in [-0.2, 0) is 12.1 Å². The third kappa shape index (κ3) is 3.72. The standard InChI is InChI=1S/C15H18N4O3S/c1-3-15(2,14-17-6-7-23-14)18-9-11-5-4-10(13(16)20)8-12(11)19(21)22/h4-8,18H,3,9H2,1-2H3,(H2,16,20). The average molecular weight is 334 g/mol. The Balaban J connectivity index is 2.26. The van der Waals surface area contributed by atoms with E-state index in [1.807, 2.05) is 19.2 Å². The molecule has 1 unspecified atom stereocenters. The van der Waals surface area contributed by atoms with E-state index in [9.17, 15) is 14.9 Å². The SMILES string of the molecule is CCC(C)(NCc1ccc(C(N)=O)cc1[N+](=O)[O-])c1nccs1. The van der Waals surface area contributed by atoms with Crippen molar-refractivity contribution in [3.05, 3.63) is 56.0 Å². The molecule has 2 rings (SSSR count). The fourth-order valence-electron chi connectivity index (χ4n) is 2.17. The van der Waals surface area contributed by atoms with Crippen LogP contribution in [0.1, 0.15) is 41.2 Å². The van der Waals surface area contributed by atoms with Gasteiger partial charge in [-0.3, -0.25) is 14.9 Å². The van der Waals surface area contributed by atoms with Crippen molar-refractivity contribution in [3.8, 4) is 0 Å². The first-order valence-electron chi connectivity index (χ1n) is 7.09. The first kappa shape index (κ1) is 17.0. The minimum absolute atomic E-state index is 0.119. The number of hydrogen-bond donors (Lipinski definition) is 2. The first-order valence-corrected chi connectivity index (χ1v) is 7.97. The van der Waals surface area contributed by atoms with Crippen molar-refractivity contribution in [1.29, 1.82) is 0 Å². The lowest BCUT2D eigenvalue weighted by Crippen LogP contribution is -2.38. The molecule has 1 aromatic heterocycles. The van der Waals surface area contributed by atoms with Gasteiger partial charge in [0, 0.05) is 35.3 Å². The molecule has 0 saturated carbocycles. The fourth-order valence-corrected chi connectivity index (χ4v) is 3.02. The predicted octanol–water partition coefficient (Wildman–Crippen LogP) is 2.57. The lowest BCUT2D eigenvalue weighted by molar-refractivity contribution is -0.385. The Morgan fingerprint density at radius 3 is 2.78 bits per heavy atom. The number of nitro benzene ring substituents is 1. The van der Waals surface area contributed by atoms with Gasteiger partial charge in [0.1, 0.15) is 5.01 Å². The third-order valence-electron chi connectivity index (χ3n) is 3.85. The summed E-state index contributed by atoms with van der Waals surface area (Å²) >= 11 is 1.54. The van der Waals surface area contributed by atoms with Crippen LogP contribution in [0.25, 0.3) is 0 Å². The number of aromatic nitrogens is 1. The molecule has 3 N–H and O–H groups in total. The highest BCUT2D eigenvalue weighted by atomic mass is 32.1. The maximum Gasteiger partial charge on any atom is 0.274 e. The normalized spacial score (nSPS) is 13.5. The van der Waals surface area contributed by atoms with Crippen LogP contribution in [0.15, 0.2) is 29.8 Å². The van der Waals surface area contributed by atoms with Crippen molar-refractivity contribution >= 4 is 22.9 Å². The second kappa shape index (κ2) is 6.84. The molecule has 2 aromatic rings. The molecule has 0 aliphatic carbocycles. The van der Waals surface area contributed by atoms with Crippen molar-refractivity contribution in [2.75, 3.05) is 0 Å². The molecule has 0 aliphatic rings. The molecule has 1 heterocycles. The van der Waals surface area contributed by atoms with Crippen LogP contribution in [0.3, 0.4) is 0 Å². The van der Waals surface area contributed by atoms with Crippen LogP contribution in [0, 0.1) is 10.1 Å². The Morgan fingerprint density at radius 2 is 2.26 bits per heavy atom. The van der Waals surface area contributed by atoms with Crippen LogP contribution in [0.5, 0.6) is 0 Å². The molecular formula is C15H18N4O3S. The smallest absolute Gasteiger partial charge is 0.274 e. The van der Waals surface area contributed by atoms with Crippen molar-refractivity contribution < 1.29 is 9.72 Å². The Bertz CT molecular complexity index is 718. The van der Waals surface area contributed by atoms with Crippen LogP contribution in [0.4, 0.5) is 5.69 Å². The minimum atomic E-state index is -0.686. The van der Waals surface area contributed by atoms with E-state index in [1.54, 1.807) is 12.3 Å². The fraction of sp³-hybridized carbons (Fsp3) is 0.333. The molecule has 7 nitrogen and oxygen atoms in total. The van der Waals surface area contributed by atoms with Gasteiger partial charge in [-0.05, 0) is 19.4 Å². The van der Waals surface area contributed by atoms with Crippen LogP contribution >= 0.6 is 11.3 Å². The van der Waals surface area contributed by atoms with E-state index in [2.05, 4.69) is 10.3 Å². The molecule has 1 atom stereocenters. The number of primary amides is 1. The van der Waals surface area contributed by atoms with E-state index in [0.717, 1.165) is 11.4 Å². The molecule has 1 amide bonds. The highest BCUT2D eigenvalue weighted by molar-refractivity contribution is 7.09. The monoisotopic (exact) mass is 334 g/mol. The van der Waals surface area contributed by atoms with Gasteiger partial charge in [0.15, 0.2) is 0 Å². The maximum atomic E-state index is 11.2. The number of carbonyl (C=O) groups is 1. The number of hydrogen-bond acceptors (Lipinski definition) is 6. The zero-order valence-electron chi connectivity index (χ0n) is 12.9. The molecular weight excluding hydrogens is 316 g/mol. The number of nitrogens with zero attached hydrogens (tertiary/aromatic N) is 2. The second-order valence-electron chi connectivity index (χ2n) is 5.34. The molecule has 0 bridgehead atoms. The van der Waals surface area contributed by atoms with E-state index in [1.165, 1.54) is 23.5 Å². The van der Waals surface area contributed by atoms with Gasteiger partial charge in [-0.2, -0.15) is 0 Å². The van der Waals surface area contributed by atoms with E-state index in [0.29, 0.717) is 12.1 Å². The summed E-state index contributed by atoms with van der Waals surface area (Å²) in [5.74, 6) is -0.686. The molecule has 0 fully saturated rings. The van der Waals surface area contributed by atoms with Crippen molar-refractivity contribution in [2.24, 2.45) is 5.73 Å². The summed E-state index contributed by atoms with van der Waals surface area (Å²) in [6.07, 6.45) is 2.52. The summed E-state index contributed by atoms with van der Waals surface area (Å²) in [4.78, 5) is 26.2. The van der Waals surface area contributed by atoms with Gasteiger partial charge in [-0.1, -0.05) is 13.0 Å². The van der Waals surface area contributed by atoms with E-state index in [4.69, 9.17) is 5.73 Å². The van der Waals surface area contributed by atoms with Crippen molar-refractivity contribution in [3.63, 3.8) is 0 Å². The lowest BCUT2D eigenvalue weighted by Gasteiger charge is -2.27. The molecule has 0 saturated heterocycles. The van der Waals surface area contributed by atoms with Gasteiger partial charge >= 0.3 is 0 Å². The summed E-state index contributed by atoms with van der Waals surface area (Å²) in [5.41, 5.74) is 5.31. The Labute approximate surface area is 137 Å². The number of benzene rings is 1. The summed E-state index contributed by atoms with van der Waals surface area (Å²) in [7, 11) is 0. The molecule has 122 valence electrons. The minimum Gasteiger partial charge on any atom is -0.366 e. The van der Waals surface area contributed by atoms with Crippen molar-refractivity contribution in [2.45, 2.75) is 32.4 Å². The van der Waals surface area contributed by atoms with Crippen LogP contribution < -0.4 is 11.1 Å². The largest absolute Gasteiger partial charge is 0.366 e. The second-order valence-corrected chi connectivity index (χ2v) is 6.24. The number of carbonyl (C=O) groups excluding carboxylic acids is 1.